The zero-order valence-corrected chi connectivity index (χ0v) is 43.1. The highest BCUT2D eigenvalue weighted by Crippen LogP contribution is 2.47. The van der Waals surface area contributed by atoms with Crippen LogP contribution in [0.3, 0.4) is 0 Å². The quantitative estimate of drug-likeness (QED) is 0.0158. The minimum Gasteiger partial charge on any atom is -0.393 e. The lowest BCUT2D eigenvalue weighted by atomic mass is 9.85. The molecule has 1 saturated carbocycles. The Hall–Kier alpha value is -2.00. The Labute approximate surface area is 411 Å². The molecule has 1 fully saturated rings. The number of amides is 1. The van der Waals surface area contributed by atoms with E-state index in [1.165, 1.54) is 109 Å². The van der Waals surface area contributed by atoms with Gasteiger partial charge in [0.15, 0.2) is 0 Å². The second-order valence-electron chi connectivity index (χ2n) is 18.9. The normalized spacial score (nSPS) is 22.6. The molecule has 0 bridgehead atoms. The first-order valence-corrected chi connectivity index (χ1v) is 28.3. The van der Waals surface area contributed by atoms with Crippen molar-refractivity contribution in [3.63, 3.8) is 0 Å². The fourth-order valence-electron chi connectivity index (χ4n) is 8.19. The van der Waals surface area contributed by atoms with Gasteiger partial charge >= 0.3 is 7.82 Å². The minimum absolute atomic E-state index is 0.268. The summed E-state index contributed by atoms with van der Waals surface area (Å²) in [7, 11) is -5.16. The van der Waals surface area contributed by atoms with Gasteiger partial charge in [0.1, 0.15) is 36.6 Å². The number of phosphoric ester groups is 1. The molecule has 8 atom stereocenters. The van der Waals surface area contributed by atoms with E-state index in [9.17, 15) is 50.0 Å². The van der Waals surface area contributed by atoms with Crippen LogP contribution in [0.25, 0.3) is 0 Å². The van der Waals surface area contributed by atoms with E-state index in [4.69, 9.17) is 9.05 Å². The van der Waals surface area contributed by atoms with Crippen LogP contribution in [0.4, 0.5) is 0 Å². The smallest absolute Gasteiger partial charge is 0.393 e. The summed E-state index contributed by atoms with van der Waals surface area (Å²) < 4.78 is 22.9. The van der Waals surface area contributed by atoms with Gasteiger partial charge in [0.05, 0.1) is 31.3 Å². The van der Waals surface area contributed by atoms with Crippen molar-refractivity contribution < 1.29 is 59.0 Å². The molecule has 0 aliphatic heterocycles. The zero-order valence-electron chi connectivity index (χ0n) is 42.3. The molecule has 1 aliphatic carbocycles. The molecule has 8 unspecified atom stereocenters. The van der Waals surface area contributed by atoms with Crippen LogP contribution in [0.15, 0.2) is 60.8 Å². The average molecular weight is 984 g/mol. The van der Waals surface area contributed by atoms with Gasteiger partial charge in [-0.25, -0.2) is 4.57 Å². The lowest BCUT2D eigenvalue weighted by Crippen LogP contribution is -2.64. The molecule has 1 aliphatic rings. The molecule has 1 amide bonds. The molecule has 0 aromatic rings. The van der Waals surface area contributed by atoms with Gasteiger partial charge in [0.25, 0.3) is 0 Å². The summed E-state index contributed by atoms with van der Waals surface area (Å²) in [4.78, 5) is 23.5. The van der Waals surface area contributed by atoms with Crippen LogP contribution in [0.5, 0.6) is 0 Å². The van der Waals surface area contributed by atoms with Crippen LogP contribution < -0.4 is 5.32 Å². The van der Waals surface area contributed by atoms with E-state index in [1.54, 1.807) is 6.08 Å². The molecule has 0 radical (unpaired) electrons. The number of allylic oxidation sites excluding steroid dienone is 9. The van der Waals surface area contributed by atoms with Crippen molar-refractivity contribution in [1.29, 1.82) is 0 Å². The van der Waals surface area contributed by atoms with Crippen LogP contribution in [0.1, 0.15) is 213 Å². The molecule has 1 rings (SSSR count). The van der Waals surface area contributed by atoms with Gasteiger partial charge in [-0.15, -0.1) is 0 Å². The first kappa shape index (κ1) is 64.0. The number of carbonyl (C=O) groups is 1. The Kier molecular flexibility index (Phi) is 40.2. The number of rotatable bonds is 44. The third-order valence-corrected chi connectivity index (χ3v) is 13.5. The van der Waals surface area contributed by atoms with Gasteiger partial charge in [-0.3, -0.25) is 13.8 Å². The van der Waals surface area contributed by atoms with Gasteiger partial charge in [-0.2, -0.15) is 0 Å². The number of nitrogens with one attached hydrogen (secondary N) is 1. The van der Waals surface area contributed by atoms with Crippen molar-refractivity contribution in [2.45, 2.75) is 268 Å². The topological polar surface area (TPSA) is 226 Å². The highest BCUT2D eigenvalue weighted by molar-refractivity contribution is 7.47. The maximum atomic E-state index is 13.1. The Bertz CT molecular complexity index is 1390. The lowest BCUT2D eigenvalue weighted by Gasteiger charge is -2.41. The summed E-state index contributed by atoms with van der Waals surface area (Å²) in [6.07, 6.45) is 40.2. The van der Waals surface area contributed by atoms with Gasteiger partial charge < -0.3 is 46.0 Å². The fraction of sp³-hybridized carbons (Fsp3) is 0.796. The summed E-state index contributed by atoms with van der Waals surface area (Å²) in [6.45, 7) is 3.73. The molecule has 396 valence electrons. The second kappa shape index (κ2) is 42.7. The summed E-state index contributed by atoms with van der Waals surface area (Å²) in [5.41, 5.74) is 0. The van der Waals surface area contributed by atoms with Crippen molar-refractivity contribution in [1.82, 2.24) is 5.32 Å². The average Bonchev–Trinajstić information content (AvgIpc) is 3.31. The van der Waals surface area contributed by atoms with Crippen LogP contribution in [0.2, 0.25) is 0 Å². The van der Waals surface area contributed by atoms with Crippen molar-refractivity contribution in [3.05, 3.63) is 60.8 Å². The molecule has 68 heavy (non-hydrogen) atoms. The van der Waals surface area contributed by atoms with E-state index in [2.05, 4.69) is 67.8 Å². The zero-order chi connectivity index (χ0) is 50.1. The number of aliphatic hydroxyl groups excluding tert-OH is 7. The Morgan fingerprint density at radius 1 is 0.529 bits per heavy atom. The van der Waals surface area contributed by atoms with Gasteiger partial charge in [0, 0.05) is 0 Å². The number of hydrogen-bond acceptors (Lipinski definition) is 11. The predicted octanol–water partition coefficient (Wildman–Crippen LogP) is 10.4. The van der Waals surface area contributed by atoms with Crippen LogP contribution in [0, 0.1) is 0 Å². The molecule has 14 heteroatoms. The SMILES string of the molecule is CCCCCCCCC/C=C/CC/C=C/CC/C=C/C(O)C(COP(=O)(O)OC1C(O)C(O)C(O)C(O)C1O)NC(=O)CC(O)CCCCCCC/C=C\C/C=C\CCCCCCCCCCC. The minimum atomic E-state index is -5.16. The summed E-state index contributed by atoms with van der Waals surface area (Å²) in [5, 5.41) is 74.7. The van der Waals surface area contributed by atoms with E-state index >= 15 is 0 Å². The summed E-state index contributed by atoms with van der Waals surface area (Å²) in [6, 6.07) is -1.27. The van der Waals surface area contributed by atoms with E-state index in [1.807, 2.05) is 0 Å². The molecule has 9 N–H and O–H groups in total. The summed E-state index contributed by atoms with van der Waals surface area (Å²) >= 11 is 0. The van der Waals surface area contributed by atoms with Crippen LogP contribution in [-0.2, 0) is 18.4 Å². The number of phosphoric acid groups is 1. The third kappa shape index (κ3) is 33.6. The van der Waals surface area contributed by atoms with Gasteiger partial charge in [-0.05, 0) is 77.0 Å². The molecule has 0 aromatic heterocycles. The van der Waals surface area contributed by atoms with Crippen molar-refractivity contribution in [3.8, 4) is 0 Å². The Balaban J connectivity index is 2.50. The maximum absolute atomic E-state index is 13.1. The Morgan fingerprint density at radius 2 is 0.912 bits per heavy atom. The van der Waals surface area contributed by atoms with E-state index in [0.29, 0.717) is 19.3 Å². The van der Waals surface area contributed by atoms with Gasteiger partial charge in [0.2, 0.25) is 5.91 Å². The monoisotopic (exact) mass is 984 g/mol. The summed E-state index contributed by atoms with van der Waals surface area (Å²) in [5.74, 6) is -0.616. The second-order valence-corrected chi connectivity index (χ2v) is 20.3. The van der Waals surface area contributed by atoms with Crippen molar-refractivity contribution >= 4 is 13.7 Å². The molecule has 0 saturated heterocycles. The van der Waals surface area contributed by atoms with E-state index < -0.39 is 75.2 Å². The third-order valence-electron chi connectivity index (χ3n) is 12.6. The number of hydrogen-bond donors (Lipinski definition) is 9. The first-order chi connectivity index (χ1) is 32.8. The van der Waals surface area contributed by atoms with Crippen molar-refractivity contribution in [2.75, 3.05) is 6.61 Å². The number of unbranched alkanes of at least 4 members (excludes halogenated alkanes) is 23. The predicted molar refractivity (Wildman–Crippen MR) is 275 cm³/mol. The molecular weight excluding hydrogens is 886 g/mol. The van der Waals surface area contributed by atoms with E-state index in [-0.39, 0.29) is 6.42 Å². The largest absolute Gasteiger partial charge is 0.472 e. The van der Waals surface area contributed by atoms with Gasteiger partial charge in [-0.1, -0.05) is 190 Å². The molecule has 0 aromatic carbocycles. The number of aliphatic hydroxyl groups is 7. The van der Waals surface area contributed by atoms with Crippen molar-refractivity contribution in [2.24, 2.45) is 0 Å². The standard InChI is InChI=1S/C54H98NO12P/c1-3-5-7-9-11-13-15-17-19-21-22-23-24-26-27-29-31-33-35-37-39-41-45(56)43-48(58)55-46(44-66-68(64,65)67-54-52(62)50(60)49(59)51(61)53(54)63)47(57)42-40-38-36-34-32-30-28-25-20-18-16-14-12-10-8-6-4-2/h20,22-23,25-27,32,34,40,42,45-47,49-54,56-57,59-63H,3-19,21,24,28-31,33,35-39,41,43-44H2,1-2H3,(H,55,58)(H,64,65)/b23-22-,25-20+,27-26-,34-32+,42-40+. The first-order valence-electron chi connectivity index (χ1n) is 26.8. The molecule has 0 spiro atoms. The molecular formula is C54H98NO12P. The number of carbonyl (C=O) groups excluding carboxylic acids is 1. The maximum Gasteiger partial charge on any atom is 0.472 e. The molecule has 0 heterocycles. The highest BCUT2D eigenvalue weighted by atomic mass is 31.2. The van der Waals surface area contributed by atoms with Crippen LogP contribution >= 0.6 is 7.82 Å². The van der Waals surface area contributed by atoms with E-state index in [0.717, 1.165) is 70.6 Å². The fourth-order valence-corrected chi connectivity index (χ4v) is 9.15. The Morgan fingerprint density at radius 3 is 1.38 bits per heavy atom. The lowest BCUT2D eigenvalue weighted by molar-refractivity contribution is -0.220. The highest BCUT2D eigenvalue weighted by Gasteiger charge is 2.51. The van der Waals surface area contributed by atoms with Crippen LogP contribution in [-0.4, -0.2) is 108 Å². The molecule has 13 nitrogen and oxygen atoms in total.